The lowest BCUT2D eigenvalue weighted by atomic mass is 10.0. The molecule has 0 fully saturated rings. The minimum Gasteiger partial charge on any atom is -0.359 e. The molecule has 3 aromatic rings. The maximum absolute atomic E-state index is 12.1. The number of benzene rings is 1. The number of carbonyl (C=O) groups is 1. The van der Waals surface area contributed by atoms with Crippen LogP contribution < -0.4 is 5.32 Å². The maximum Gasteiger partial charge on any atom is 0.256 e. The zero-order valence-electron chi connectivity index (χ0n) is 10.6. The summed E-state index contributed by atoms with van der Waals surface area (Å²) in [6.45, 7) is 0. The van der Waals surface area contributed by atoms with Gasteiger partial charge in [-0.2, -0.15) is 0 Å². The van der Waals surface area contributed by atoms with E-state index in [0.29, 0.717) is 5.57 Å². The lowest BCUT2D eigenvalue weighted by Crippen LogP contribution is -2.03. The Bertz CT molecular complexity index is 861. The zero-order chi connectivity index (χ0) is 13.5. The predicted octanol–water partition coefficient (Wildman–Crippen LogP) is 3.06. The van der Waals surface area contributed by atoms with Crippen molar-refractivity contribution in [3.8, 4) is 0 Å². The van der Waals surface area contributed by atoms with Crippen LogP contribution in [0.5, 0.6) is 0 Å². The van der Waals surface area contributed by atoms with Crippen molar-refractivity contribution < 1.29 is 4.79 Å². The summed E-state index contributed by atoms with van der Waals surface area (Å²) in [5.41, 5.74) is 5.22. The number of pyridine rings is 1. The van der Waals surface area contributed by atoms with E-state index in [1.807, 2.05) is 48.7 Å². The third-order valence-electron chi connectivity index (χ3n) is 3.47. The van der Waals surface area contributed by atoms with Crippen molar-refractivity contribution in [1.82, 2.24) is 9.97 Å². The van der Waals surface area contributed by atoms with Gasteiger partial charge in [0.25, 0.3) is 5.91 Å². The molecule has 0 spiro atoms. The van der Waals surface area contributed by atoms with Crippen LogP contribution in [0.2, 0.25) is 0 Å². The molecule has 96 valence electrons. The van der Waals surface area contributed by atoms with Gasteiger partial charge >= 0.3 is 0 Å². The fourth-order valence-electron chi connectivity index (χ4n) is 2.52. The van der Waals surface area contributed by atoms with Crippen molar-refractivity contribution in [2.45, 2.75) is 0 Å². The van der Waals surface area contributed by atoms with Crippen LogP contribution >= 0.6 is 0 Å². The molecule has 0 bridgehead atoms. The van der Waals surface area contributed by atoms with E-state index >= 15 is 0 Å². The van der Waals surface area contributed by atoms with Crippen LogP contribution in [0, 0.1) is 0 Å². The Balaban J connectivity index is 1.90. The Morgan fingerprint density at radius 1 is 1.10 bits per heavy atom. The number of hydrogen-bond donors (Lipinski definition) is 2. The summed E-state index contributed by atoms with van der Waals surface area (Å²) in [4.78, 5) is 19.6. The van der Waals surface area contributed by atoms with E-state index < -0.39 is 0 Å². The molecule has 2 N–H and O–H groups in total. The Morgan fingerprint density at radius 3 is 2.95 bits per heavy atom. The Morgan fingerprint density at radius 2 is 2.00 bits per heavy atom. The van der Waals surface area contributed by atoms with E-state index in [2.05, 4.69) is 15.3 Å². The van der Waals surface area contributed by atoms with Crippen LogP contribution in [0.15, 0.2) is 48.8 Å². The lowest BCUT2D eigenvalue weighted by Gasteiger charge is -1.96. The minimum atomic E-state index is -0.0727. The number of amides is 1. The molecule has 4 heteroatoms. The average molecular weight is 261 g/mol. The number of para-hydroxylation sites is 1. The average Bonchev–Trinajstić information content (AvgIpc) is 3.02. The molecule has 0 saturated heterocycles. The number of aromatic amines is 1. The van der Waals surface area contributed by atoms with Crippen LogP contribution in [0.4, 0.5) is 5.69 Å². The highest BCUT2D eigenvalue weighted by Crippen LogP contribution is 2.33. The molecule has 0 atom stereocenters. The highest BCUT2D eigenvalue weighted by Gasteiger charge is 2.23. The van der Waals surface area contributed by atoms with Crippen LogP contribution in [0.25, 0.3) is 22.7 Å². The van der Waals surface area contributed by atoms with Crippen LogP contribution in [-0.4, -0.2) is 15.9 Å². The first-order valence-electron chi connectivity index (χ1n) is 6.37. The number of nitrogens with one attached hydrogen (secondary N) is 2. The summed E-state index contributed by atoms with van der Waals surface area (Å²) in [7, 11) is 0. The summed E-state index contributed by atoms with van der Waals surface area (Å²) in [5.74, 6) is -0.0727. The van der Waals surface area contributed by atoms with Crippen LogP contribution in [-0.2, 0) is 4.79 Å². The molecule has 3 heterocycles. The Kier molecular flexibility index (Phi) is 2.23. The first-order chi connectivity index (χ1) is 9.83. The van der Waals surface area contributed by atoms with Gasteiger partial charge in [-0.1, -0.05) is 18.2 Å². The predicted molar refractivity (Wildman–Crippen MR) is 79.0 cm³/mol. The smallest absolute Gasteiger partial charge is 0.256 e. The number of nitrogens with zero attached hydrogens (tertiary/aromatic N) is 1. The number of anilines is 1. The number of rotatable bonds is 1. The summed E-state index contributed by atoms with van der Waals surface area (Å²) in [6.07, 6.45) is 5.51. The molecule has 0 radical (unpaired) electrons. The van der Waals surface area contributed by atoms with Crippen molar-refractivity contribution in [1.29, 1.82) is 0 Å². The van der Waals surface area contributed by atoms with Crippen molar-refractivity contribution >= 4 is 34.3 Å². The van der Waals surface area contributed by atoms with Crippen molar-refractivity contribution in [2.75, 3.05) is 5.32 Å². The highest BCUT2D eigenvalue weighted by atomic mass is 16.2. The van der Waals surface area contributed by atoms with Gasteiger partial charge in [-0.3, -0.25) is 9.78 Å². The summed E-state index contributed by atoms with van der Waals surface area (Å²) < 4.78 is 0. The molecule has 0 aliphatic carbocycles. The highest BCUT2D eigenvalue weighted by molar-refractivity contribution is 6.35. The van der Waals surface area contributed by atoms with Gasteiger partial charge in [0, 0.05) is 34.8 Å². The third-order valence-corrected chi connectivity index (χ3v) is 3.47. The number of aromatic nitrogens is 2. The van der Waals surface area contributed by atoms with Crippen molar-refractivity contribution in [2.24, 2.45) is 0 Å². The van der Waals surface area contributed by atoms with Gasteiger partial charge in [0.15, 0.2) is 0 Å². The largest absolute Gasteiger partial charge is 0.359 e. The lowest BCUT2D eigenvalue weighted by molar-refractivity contribution is -0.110. The van der Waals surface area contributed by atoms with Gasteiger partial charge in [-0.25, -0.2) is 0 Å². The van der Waals surface area contributed by atoms with Gasteiger partial charge in [0.2, 0.25) is 0 Å². The van der Waals surface area contributed by atoms with Crippen molar-refractivity contribution in [3.63, 3.8) is 0 Å². The molecule has 1 aromatic carbocycles. The monoisotopic (exact) mass is 261 g/mol. The van der Waals surface area contributed by atoms with Crippen LogP contribution in [0.1, 0.15) is 11.1 Å². The quantitative estimate of drug-likeness (QED) is 0.661. The molecule has 1 aliphatic heterocycles. The van der Waals surface area contributed by atoms with Gasteiger partial charge < -0.3 is 10.3 Å². The fraction of sp³-hybridized carbons (Fsp3) is 0. The second-order valence-corrected chi connectivity index (χ2v) is 4.70. The first kappa shape index (κ1) is 11.0. The van der Waals surface area contributed by atoms with E-state index in [1.165, 1.54) is 0 Å². The van der Waals surface area contributed by atoms with E-state index in [-0.39, 0.29) is 5.91 Å². The minimum absolute atomic E-state index is 0.0727. The maximum atomic E-state index is 12.1. The first-order valence-corrected chi connectivity index (χ1v) is 6.37. The normalized spacial score (nSPS) is 15.6. The van der Waals surface area contributed by atoms with E-state index in [0.717, 1.165) is 27.8 Å². The second-order valence-electron chi connectivity index (χ2n) is 4.70. The fourth-order valence-corrected chi connectivity index (χ4v) is 2.52. The second kappa shape index (κ2) is 4.06. The molecule has 20 heavy (non-hydrogen) atoms. The number of H-pyrrole nitrogens is 1. The molecular formula is C16H11N3O. The molecule has 0 unspecified atom stereocenters. The topological polar surface area (TPSA) is 57.8 Å². The van der Waals surface area contributed by atoms with E-state index in [9.17, 15) is 4.79 Å². The van der Waals surface area contributed by atoms with Crippen molar-refractivity contribution in [3.05, 3.63) is 59.9 Å². The SMILES string of the molecule is O=C1Nc2ccccc2C1=Cc1c[nH]c2cccnc12. The van der Waals surface area contributed by atoms with Gasteiger partial charge in [-0.05, 0) is 24.3 Å². The number of carbonyl (C=O) groups excluding carboxylic acids is 1. The van der Waals surface area contributed by atoms with E-state index in [1.54, 1.807) is 6.20 Å². The molecule has 4 rings (SSSR count). The van der Waals surface area contributed by atoms with Crippen LogP contribution in [0.3, 0.4) is 0 Å². The molecule has 0 saturated carbocycles. The number of fused-ring (bicyclic) bond motifs is 2. The van der Waals surface area contributed by atoms with Gasteiger partial charge in [0.1, 0.15) is 0 Å². The zero-order valence-corrected chi connectivity index (χ0v) is 10.6. The van der Waals surface area contributed by atoms with Gasteiger partial charge in [0.05, 0.1) is 11.0 Å². The molecule has 4 nitrogen and oxygen atoms in total. The third kappa shape index (κ3) is 1.55. The number of hydrogen-bond acceptors (Lipinski definition) is 2. The molecule has 1 amide bonds. The summed E-state index contributed by atoms with van der Waals surface area (Å²) in [5, 5.41) is 2.87. The summed E-state index contributed by atoms with van der Waals surface area (Å²) >= 11 is 0. The molecular weight excluding hydrogens is 250 g/mol. The van der Waals surface area contributed by atoms with E-state index in [4.69, 9.17) is 0 Å². The standard InChI is InChI=1S/C16H11N3O/c20-16-12(11-4-1-2-5-13(11)19-16)8-10-9-18-14-6-3-7-17-15(10)14/h1-9,18H,(H,19,20). The Labute approximate surface area is 115 Å². The van der Waals surface area contributed by atoms with Gasteiger partial charge in [-0.15, -0.1) is 0 Å². The molecule has 1 aliphatic rings. The molecule has 2 aromatic heterocycles. The Hall–Kier alpha value is -2.88. The summed E-state index contributed by atoms with van der Waals surface area (Å²) in [6, 6.07) is 11.5.